The van der Waals surface area contributed by atoms with E-state index in [1.807, 2.05) is 11.3 Å². The van der Waals surface area contributed by atoms with Crippen molar-refractivity contribution in [1.82, 2.24) is 10.2 Å². The van der Waals surface area contributed by atoms with Crippen molar-refractivity contribution in [1.29, 1.82) is 0 Å². The van der Waals surface area contributed by atoms with Gasteiger partial charge in [0.05, 0.1) is 0 Å². The molecular formula is C18H30N2S. The van der Waals surface area contributed by atoms with Gasteiger partial charge >= 0.3 is 0 Å². The van der Waals surface area contributed by atoms with Gasteiger partial charge in [0.25, 0.3) is 0 Å². The summed E-state index contributed by atoms with van der Waals surface area (Å²) >= 11 is 1.92. The Bertz CT molecular complexity index is 403. The van der Waals surface area contributed by atoms with Crippen LogP contribution in [0.2, 0.25) is 0 Å². The second kappa shape index (κ2) is 7.26. The van der Waals surface area contributed by atoms with E-state index >= 15 is 0 Å². The van der Waals surface area contributed by atoms with Crippen molar-refractivity contribution >= 4 is 11.3 Å². The summed E-state index contributed by atoms with van der Waals surface area (Å²) in [5.74, 6) is 0. The molecule has 0 amide bonds. The Balaban J connectivity index is 1.81. The van der Waals surface area contributed by atoms with E-state index in [9.17, 15) is 0 Å². The summed E-state index contributed by atoms with van der Waals surface area (Å²) in [6.07, 6.45) is 11.1. The molecule has 1 aromatic heterocycles. The average molecular weight is 307 g/mol. The first-order valence-corrected chi connectivity index (χ1v) is 9.74. The molecule has 21 heavy (non-hydrogen) atoms. The van der Waals surface area contributed by atoms with Gasteiger partial charge in [0, 0.05) is 16.5 Å². The zero-order valence-electron chi connectivity index (χ0n) is 13.4. The highest BCUT2D eigenvalue weighted by Gasteiger charge is 2.45. The van der Waals surface area contributed by atoms with Gasteiger partial charge in [0.1, 0.15) is 0 Å². The minimum Gasteiger partial charge on any atom is -0.312 e. The third-order valence-corrected chi connectivity index (χ3v) is 6.44. The summed E-state index contributed by atoms with van der Waals surface area (Å²) in [6, 6.07) is 5.14. The summed E-state index contributed by atoms with van der Waals surface area (Å²) in [7, 11) is 0. The van der Waals surface area contributed by atoms with Gasteiger partial charge in [-0.25, -0.2) is 0 Å². The largest absolute Gasteiger partial charge is 0.312 e. The maximum atomic E-state index is 3.87. The van der Waals surface area contributed by atoms with Crippen LogP contribution in [0.4, 0.5) is 0 Å². The van der Waals surface area contributed by atoms with Gasteiger partial charge in [-0.1, -0.05) is 32.3 Å². The van der Waals surface area contributed by atoms with Gasteiger partial charge in [-0.15, -0.1) is 11.3 Å². The Morgan fingerprint density at radius 2 is 1.95 bits per heavy atom. The van der Waals surface area contributed by atoms with E-state index in [4.69, 9.17) is 0 Å². The predicted octanol–water partition coefficient (Wildman–Crippen LogP) is 4.07. The minimum absolute atomic E-state index is 0.431. The molecule has 0 aromatic carbocycles. The van der Waals surface area contributed by atoms with Crippen LogP contribution in [-0.4, -0.2) is 36.1 Å². The average Bonchev–Trinajstić information content (AvgIpc) is 3.20. The fourth-order valence-electron chi connectivity index (χ4n) is 4.54. The Morgan fingerprint density at radius 3 is 2.57 bits per heavy atom. The van der Waals surface area contributed by atoms with E-state index in [0.29, 0.717) is 11.6 Å². The van der Waals surface area contributed by atoms with Gasteiger partial charge in [0.2, 0.25) is 0 Å². The van der Waals surface area contributed by atoms with Crippen LogP contribution in [0.3, 0.4) is 0 Å². The van der Waals surface area contributed by atoms with Crippen LogP contribution in [0.1, 0.15) is 56.7 Å². The van der Waals surface area contributed by atoms with Crippen LogP contribution in [0.25, 0.3) is 0 Å². The van der Waals surface area contributed by atoms with E-state index in [1.54, 1.807) is 4.88 Å². The Labute approximate surface area is 133 Å². The van der Waals surface area contributed by atoms with Crippen LogP contribution >= 0.6 is 11.3 Å². The van der Waals surface area contributed by atoms with E-state index in [-0.39, 0.29) is 0 Å². The first-order valence-electron chi connectivity index (χ1n) is 8.86. The summed E-state index contributed by atoms with van der Waals surface area (Å²) in [5, 5.41) is 6.09. The van der Waals surface area contributed by atoms with Gasteiger partial charge < -0.3 is 5.32 Å². The number of likely N-dealkylation sites (N-methyl/N-ethyl adjacent to an activating group) is 1. The Kier molecular flexibility index (Phi) is 5.36. The SMILES string of the molecule is CCNC(Cc1cccs1)C1(N2CCCCC2)CCCC1. The molecule has 1 aromatic rings. The number of piperidine rings is 1. The molecule has 1 saturated carbocycles. The number of nitrogens with zero attached hydrogens (tertiary/aromatic N) is 1. The lowest BCUT2D eigenvalue weighted by Crippen LogP contribution is -2.61. The zero-order chi connectivity index (χ0) is 14.5. The van der Waals surface area contributed by atoms with Crippen molar-refractivity contribution in [2.24, 2.45) is 0 Å². The molecule has 3 rings (SSSR count). The van der Waals surface area contributed by atoms with E-state index in [2.05, 4.69) is 34.7 Å². The number of rotatable bonds is 6. The van der Waals surface area contributed by atoms with Crippen LogP contribution < -0.4 is 5.32 Å². The topological polar surface area (TPSA) is 15.3 Å². The highest BCUT2D eigenvalue weighted by Crippen LogP contribution is 2.41. The molecule has 2 nitrogen and oxygen atoms in total. The van der Waals surface area contributed by atoms with Gasteiger partial charge in [-0.05, 0) is 63.2 Å². The summed E-state index contributed by atoms with van der Waals surface area (Å²) in [4.78, 5) is 4.41. The molecule has 3 heteroatoms. The summed E-state index contributed by atoms with van der Waals surface area (Å²) in [5.41, 5.74) is 0.431. The Morgan fingerprint density at radius 1 is 1.19 bits per heavy atom. The molecule has 0 bridgehead atoms. The quantitative estimate of drug-likeness (QED) is 0.852. The van der Waals surface area contributed by atoms with Crippen molar-refractivity contribution in [3.8, 4) is 0 Å². The molecule has 1 unspecified atom stereocenters. The maximum Gasteiger partial charge on any atom is 0.0366 e. The fourth-order valence-corrected chi connectivity index (χ4v) is 5.29. The number of nitrogens with one attached hydrogen (secondary N) is 1. The summed E-state index contributed by atoms with van der Waals surface area (Å²) < 4.78 is 0. The van der Waals surface area contributed by atoms with Crippen molar-refractivity contribution < 1.29 is 0 Å². The van der Waals surface area contributed by atoms with Crippen LogP contribution in [-0.2, 0) is 6.42 Å². The molecule has 1 saturated heterocycles. The number of likely N-dealkylation sites (tertiary alicyclic amines) is 1. The summed E-state index contributed by atoms with van der Waals surface area (Å²) in [6.45, 7) is 6.00. The highest BCUT2D eigenvalue weighted by atomic mass is 32.1. The second-order valence-corrected chi connectivity index (χ2v) is 7.78. The molecule has 1 aliphatic heterocycles. The molecule has 2 aliphatic rings. The third-order valence-electron chi connectivity index (χ3n) is 5.54. The van der Waals surface area contributed by atoms with Crippen LogP contribution in [0.5, 0.6) is 0 Å². The predicted molar refractivity (Wildman–Crippen MR) is 92.1 cm³/mol. The highest BCUT2D eigenvalue weighted by molar-refractivity contribution is 7.09. The number of hydrogen-bond acceptors (Lipinski definition) is 3. The monoisotopic (exact) mass is 306 g/mol. The van der Waals surface area contributed by atoms with E-state index < -0.39 is 0 Å². The van der Waals surface area contributed by atoms with Gasteiger partial charge in [-0.3, -0.25) is 4.90 Å². The molecule has 2 fully saturated rings. The molecule has 1 atom stereocenters. The molecule has 1 aliphatic carbocycles. The molecule has 2 heterocycles. The second-order valence-electron chi connectivity index (χ2n) is 6.75. The lowest BCUT2D eigenvalue weighted by molar-refractivity contribution is 0.0373. The standard InChI is InChI=1S/C18H30N2S/c1-2-19-17(15-16-9-8-14-21-16)18(10-4-5-11-18)20-12-6-3-7-13-20/h8-9,14,17,19H,2-7,10-13,15H2,1H3. The number of hydrogen-bond donors (Lipinski definition) is 1. The fraction of sp³-hybridized carbons (Fsp3) is 0.778. The van der Waals surface area contributed by atoms with E-state index in [1.165, 1.54) is 64.5 Å². The van der Waals surface area contributed by atoms with Gasteiger partial charge in [-0.2, -0.15) is 0 Å². The van der Waals surface area contributed by atoms with Crippen LogP contribution in [0, 0.1) is 0 Å². The van der Waals surface area contributed by atoms with Gasteiger partial charge in [0.15, 0.2) is 0 Å². The molecule has 0 radical (unpaired) electrons. The first kappa shape index (κ1) is 15.5. The van der Waals surface area contributed by atoms with Crippen LogP contribution in [0.15, 0.2) is 17.5 Å². The van der Waals surface area contributed by atoms with Crippen molar-refractivity contribution in [3.63, 3.8) is 0 Å². The lowest BCUT2D eigenvalue weighted by atomic mass is 9.82. The van der Waals surface area contributed by atoms with Crippen molar-refractivity contribution in [2.45, 2.75) is 69.9 Å². The molecule has 118 valence electrons. The minimum atomic E-state index is 0.431. The van der Waals surface area contributed by atoms with Crippen molar-refractivity contribution in [2.75, 3.05) is 19.6 Å². The van der Waals surface area contributed by atoms with Crippen molar-refractivity contribution in [3.05, 3.63) is 22.4 Å². The third kappa shape index (κ3) is 3.35. The van der Waals surface area contributed by atoms with E-state index in [0.717, 1.165) is 6.54 Å². The zero-order valence-corrected chi connectivity index (χ0v) is 14.3. The normalized spacial score (nSPS) is 24.2. The number of thiophene rings is 1. The smallest absolute Gasteiger partial charge is 0.0366 e. The maximum absolute atomic E-state index is 3.87. The molecule has 0 spiro atoms. The first-order chi connectivity index (χ1) is 10.3. The molecular weight excluding hydrogens is 276 g/mol. The lowest BCUT2D eigenvalue weighted by Gasteiger charge is -2.49. The molecule has 1 N–H and O–H groups in total. The Hall–Kier alpha value is -0.380.